The van der Waals surface area contributed by atoms with Crippen molar-refractivity contribution in [3.63, 3.8) is 0 Å². The van der Waals surface area contributed by atoms with Gasteiger partial charge in [-0.05, 0) is 18.2 Å². The van der Waals surface area contributed by atoms with E-state index in [0.717, 1.165) is 6.20 Å². The van der Waals surface area contributed by atoms with E-state index < -0.39 is 12.6 Å². The average molecular weight is 289 g/mol. The normalized spacial score (nSPS) is 10.7. The summed E-state index contributed by atoms with van der Waals surface area (Å²) in [5.41, 5.74) is 0.595. The summed E-state index contributed by atoms with van der Waals surface area (Å²) < 4.78 is 28.3. The summed E-state index contributed by atoms with van der Waals surface area (Å²) in [5, 5.41) is 15.0. The Balaban J connectivity index is 2.39. The second-order valence-electron chi connectivity index (χ2n) is 3.49. The molecule has 0 spiro atoms. The molecule has 0 amide bonds. The van der Waals surface area contributed by atoms with Crippen molar-refractivity contribution in [2.45, 2.75) is 6.61 Å². The summed E-state index contributed by atoms with van der Waals surface area (Å²) in [6.45, 7) is -2.98. The summed E-state index contributed by atoms with van der Waals surface area (Å²) in [6, 6.07) is 3.96. The number of hydrogen-bond donors (Lipinski definition) is 2. The Hall–Kier alpha value is -2.15. The van der Waals surface area contributed by atoms with Crippen LogP contribution in [0.3, 0.4) is 0 Å². The summed E-state index contributed by atoms with van der Waals surface area (Å²) in [4.78, 5) is 10.9. The predicted molar refractivity (Wildman–Crippen MR) is 62.6 cm³/mol. The number of ether oxygens (including phenoxy) is 1. The van der Waals surface area contributed by atoms with Crippen LogP contribution in [0.5, 0.6) is 5.75 Å². The number of hydrogen-bond acceptors (Lipinski definition) is 3. The monoisotopic (exact) mass is 288 g/mol. The smallest absolute Gasteiger partial charge is 0.387 e. The van der Waals surface area contributed by atoms with Crippen LogP contribution in [0, 0.1) is 0 Å². The van der Waals surface area contributed by atoms with Crippen LogP contribution in [0.1, 0.15) is 10.4 Å². The van der Waals surface area contributed by atoms with Gasteiger partial charge < -0.3 is 9.84 Å². The molecule has 0 saturated heterocycles. The van der Waals surface area contributed by atoms with E-state index in [0.29, 0.717) is 5.56 Å². The van der Waals surface area contributed by atoms with Gasteiger partial charge >= 0.3 is 12.6 Å². The van der Waals surface area contributed by atoms with E-state index in [-0.39, 0.29) is 22.0 Å². The fourth-order valence-corrected chi connectivity index (χ4v) is 1.74. The number of halogens is 3. The number of rotatable bonds is 4. The number of benzene rings is 1. The zero-order chi connectivity index (χ0) is 14.0. The minimum Gasteiger partial charge on any atom is -0.478 e. The molecule has 1 aromatic carbocycles. The first kappa shape index (κ1) is 13.3. The van der Waals surface area contributed by atoms with Crippen molar-refractivity contribution in [2.24, 2.45) is 0 Å². The van der Waals surface area contributed by atoms with Gasteiger partial charge in [-0.2, -0.15) is 13.9 Å². The highest BCUT2D eigenvalue weighted by molar-refractivity contribution is 6.32. The lowest BCUT2D eigenvalue weighted by Crippen LogP contribution is -2.02. The highest BCUT2D eigenvalue weighted by Crippen LogP contribution is 2.31. The molecular weight excluding hydrogens is 282 g/mol. The quantitative estimate of drug-likeness (QED) is 0.907. The summed E-state index contributed by atoms with van der Waals surface area (Å²) in [6.07, 6.45) is 1.15. The van der Waals surface area contributed by atoms with Crippen LogP contribution in [0.15, 0.2) is 24.4 Å². The zero-order valence-electron chi connectivity index (χ0n) is 9.23. The number of carboxylic acids is 1. The Morgan fingerprint density at radius 1 is 1.47 bits per heavy atom. The minimum atomic E-state index is -2.98. The summed E-state index contributed by atoms with van der Waals surface area (Å²) in [5.74, 6) is -1.34. The van der Waals surface area contributed by atoms with Gasteiger partial charge in [-0.15, -0.1) is 0 Å². The standard InChI is InChI=1S/C11H7ClF2N2O3/c12-7-3-5(1-2-8(7)19-11(13)14)9-6(10(17)18)4-15-16-9/h1-4,11H,(H,15,16)(H,17,18). The van der Waals surface area contributed by atoms with Crippen LogP contribution < -0.4 is 4.74 Å². The number of H-pyrrole nitrogens is 1. The van der Waals surface area contributed by atoms with E-state index in [4.69, 9.17) is 16.7 Å². The molecule has 100 valence electrons. The SMILES string of the molecule is O=C(O)c1cn[nH]c1-c1ccc(OC(F)F)c(Cl)c1. The molecule has 19 heavy (non-hydrogen) atoms. The van der Waals surface area contributed by atoms with Gasteiger partial charge in [0.05, 0.1) is 16.9 Å². The van der Waals surface area contributed by atoms with Crippen molar-refractivity contribution in [1.29, 1.82) is 0 Å². The molecule has 5 nitrogen and oxygen atoms in total. The molecular formula is C11H7ClF2N2O3. The third kappa shape index (κ3) is 2.82. The van der Waals surface area contributed by atoms with E-state index in [1.54, 1.807) is 0 Å². The number of alkyl halides is 2. The number of aromatic nitrogens is 2. The molecule has 1 aromatic heterocycles. The van der Waals surface area contributed by atoms with Gasteiger partial charge in [0.25, 0.3) is 0 Å². The molecule has 0 aliphatic carbocycles. The lowest BCUT2D eigenvalue weighted by molar-refractivity contribution is -0.0497. The number of aromatic amines is 1. The lowest BCUT2D eigenvalue weighted by Gasteiger charge is -2.08. The van der Waals surface area contributed by atoms with Gasteiger partial charge in [0.1, 0.15) is 11.3 Å². The molecule has 2 aromatic rings. The second-order valence-corrected chi connectivity index (χ2v) is 3.89. The molecule has 8 heteroatoms. The van der Waals surface area contributed by atoms with E-state index in [1.165, 1.54) is 18.2 Å². The third-order valence-electron chi connectivity index (χ3n) is 2.31. The Labute approximate surface area is 110 Å². The maximum absolute atomic E-state index is 12.1. The molecule has 0 saturated carbocycles. The van der Waals surface area contributed by atoms with Gasteiger partial charge in [-0.1, -0.05) is 11.6 Å². The topological polar surface area (TPSA) is 75.2 Å². The summed E-state index contributed by atoms with van der Waals surface area (Å²) >= 11 is 5.78. The fraction of sp³-hybridized carbons (Fsp3) is 0.0909. The molecule has 2 N–H and O–H groups in total. The van der Waals surface area contributed by atoms with Crippen molar-refractivity contribution in [2.75, 3.05) is 0 Å². The fourth-order valence-electron chi connectivity index (χ4n) is 1.52. The van der Waals surface area contributed by atoms with Crippen LogP contribution in [0.2, 0.25) is 5.02 Å². The van der Waals surface area contributed by atoms with Crippen molar-refractivity contribution >= 4 is 17.6 Å². The van der Waals surface area contributed by atoms with Crippen LogP contribution >= 0.6 is 11.6 Å². The van der Waals surface area contributed by atoms with Crippen molar-refractivity contribution in [1.82, 2.24) is 10.2 Å². The van der Waals surface area contributed by atoms with Gasteiger partial charge in [-0.25, -0.2) is 4.79 Å². The zero-order valence-corrected chi connectivity index (χ0v) is 9.99. The Bertz CT molecular complexity index is 616. The van der Waals surface area contributed by atoms with Crippen LogP contribution in [-0.4, -0.2) is 27.9 Å². The highest BCUT2D eigenvalue weighted by Gasteiger charge is 2.16. The molecule has 0 aliphatic rings. The van der Waals surface area contributed by atoms with Crippen molar-refractivity contribution in [3.05, 3.63) is 35.0 Å². The number of carbonyl (C=O) groups is 1. The first-order chi connectivity index (χ1) is 8.99. The number of aromatic carboxylic acids is 1. The van der Waals surface area contributed by atoms with E-state index >= 15 is 0 Å². The number of nitrogens with one attached hydrogen (secondary N) is 1. The Kier molecular flexibility index (Phi) is 3.66. The van der Waals surface area contributed by atoms with E-state index in [1.807, 2.05) is 0 Å². The van der Waals surface area contributed by atoms with Crippen molar-refractivity contribution in [3.8, 4) is 17.0 Å². The molecule has 0 atom stereocenters. The number of nitrogens with zero attached hydrogens (tertiary/aromatic N) is 1. The van der Waals surface area contributed by atoms with Crippen LogP contribution in [-0.2, 0) is 0 Å². The van der Waals surface area contributed by atoms with Gasteiger partial charge in [0, 0.05) is 5.56 Å². The molecule has 0 fully saturated rings. The van der Waals surface area contributed by atoms with Gasteiger partial charge in [0.15, 0.2) is 0 Å². The third-order valence-corrected chi connectivity index (χ3v) is 2.60. The molecule has 0 aliphatic heterocycles. The first-order valence-corrected chi connectivity index (χ1v) is 5.38. The van der Waals surface area contributed by atoms with Crippen LogP contribution in [0.4, 0.5) is 8.78 Å². The maximum atomic E-state index is 12.1. The van der Waals surface area contributed by atoms with E-state index in [2.05, 4.69) is 14.9 Å². The minimum absolute atomic E-state index is 0.0430. The van der Waals surface area contributed by atoms with Gasteiger partial charge in [0.2, 0.25) is 0 Å². The van der Waals surface area contributed by atoms with Gasteiger partial charge in [-0.3, -0.25) is 5.10 Å². The molecule has 0 bridgehead atoms. The largest absolute Gasteiger partial charge is 0.478 e. The lowest BCUT2D eigenvalue weighted by atomic mass is 10.1. The Morgan fingerprint density at radius 2 is 2.21 bits per heavy atom. The van der Waals surface area contributed by atoms with Crippen LogP contribution in [0.25, 0.3) is 11.3 Å². The van der Waals surface area contributed by atoms with E-state index in [9.17, 15) is 13.6 Å². The first-order valence-electron chi connectivity index (χ1n) is 5.00. The average Bonchev–Trinajstić information content (AvgIpc) is 2.80. The summed E-state index contributed by atoms with van der Waals surface area (Å²) in [7, 11) is 0. The van der Waals surface area contributed by atoms with Crippen molar-refractivity contribution < 1.29 is 23.4 Å². The predicted octanol–water partition coefficient (Wildman–Crippen LogP) is 3.03. The molecule has 2 rings (SSSR count). The number of carboxylic acid groups (broad SMARTS) is 1. The Morgan fingerprint density at radius 3 is 2.79 bits per heavy atom. The second kappa shape index (κ2) is 5.23. The molecule has 1 heterocycles. The molecule has 0 radical (unpaired) electrons. The maximum Gasteiger partial charge on any atom is 0.387 e. The highest BCUT2D eigenvalue weighted by atomic mass is 35.5. The molecule has 0 unspecified atom stereocenters.